The minimum atomic E-state index is -0.523. The molecule has 0 spiro atoms. The molecule has 1 atom stereocenters. The van der Waals surface area contributed by atoms with Crippen molar-refractivity contribution in [3.05, 3.63) is 54.1 Å². The van der Waals surface area contributed by atoms with Gasteiger partial charge in [0.15, 0.2) is 0 Å². The number of benzene rings is 2. The molecule has 174 valence electrons. The number of amides is 1. The summed E-state index contributed by atoms with van der Waals surface area (Å²) in [6.07, 6.45) is 4.14. The molecule has 0 saturated carbocycles. The molecule has 1 unspecified atom stereocenters. The van der Waals surface area contributed by atoms with Crippen molar-refractivity contribution in [2.45, 2.75) is 45.6 Å². The molecule has 1 heterocycles. The minimum absolute atomic E-state index is 0.103. The van der Waals surface area contributed by atoms with Gasteiger partial charge < -0.3 is 24.8 Å². The lowest BCUT2D eigenvalue weighted by atomic mass is 9.90. The van der Waals surface area contributed by atoms with Crippen LogP contribution in [0.2, 0.25) is 0 Å². The van der Waals surface area contributed by atoms with Crippen molar-refractivity contribution in [1.82, 2.24) is 4.90 Å². The number of likely N-dealkylation sites (tertiary alicyclic amines) is 1. The molecule has 1 amide bonds. The van der Waals surface area contributed by atoms with Gasteiger partial charge in [0, 0.05) is 19.2 Å². The number of anilines is 1. The second-order valence-electron chi connectivity index (χ2n) is 8.53. The van der Waals surface area contributed by atoms with Crippen molar-refractivity contribution in [2.75, 3.05) is 38.2 Å². The van der Waals surface area contributed by atoms with Crippen LogP contribution in [0, 0.1) is 5.92 Å². The lowest BCUT2D eigenvalue weighted by Crippen LogP contribution is -2.40. The number of nitrogens with one attached hydrogen (secondary N) is 1. The molecule has 1 saturated heterocycles. The molecule has 0 bridgehead atoms. The van der Waals surface area contributed by atoms with Gasteiger partial charge in [-0.1, -0.05) is 12.1 Å². The summed E-state index contributed by atoms with van der Waals surface area (Å²) >= 11 is 0. The van der Waals surface area contributed by atoms with E-state index in [2.05, 4.69) is 34.5 Å². The van der Waals surface area contributed by atoms with Gasteiger partial charge in [-0.3, -0.25) is 4.79 Å². The van der Waals surface area contributed by atoms with Crippen LogP contribution in [-0.2, 0) is 11.2 Å². The lowest BCUT2D eigenvalue weighted by molar-refractivity contribution is -0.114. The molecular formula is C26H36N2O4. The Morgan fingerprint density at radius 3 is 2.31 bits per heavy atom. The molecule has 0 aliphatic carbocycles. The topological polar surface area (TPSA) is 71.0 Å². The number of carbonyl (C=O) groups is 1. The number of piperidine rings is 1. The summed E-state index contributed by atoms with van der Waals surface area (Å²) in [6.45, 7) is 7.12. The van der Waals surface area contributed by atoms with Crippen LogP contribution in [0.25, 0.3) is 0 Å². The fraction of sp³-hybridized carbons (Fsp3) is 0.500. The molecule has 2 aromatic carbocycles. The standard InChI is InChI=1S/C26H36N2O4/c1-3-31-25-10-6-21(7-11-25)4-5-22-14-16-28(17-15-22)18-24(30)19-32-26-12-8-23(9-13-26)27-20(2)29/h6-13,22,24,30H,3-5,14-19H2,1-2H3,(H,27,29). The monoisotopic (exact) mass is 440 g/mol. The van der Waals surface area contributed by atoms with E-state index in [0.717, 1.165) is 36.9 Å². The Morgan fingerprint density at radius 2 is 1.69 bits per heavy atom. The van der Waals surface area contributed by atoms with Gasteiger partial charge in [-0.2, -0.15) is 0 Å². The van der Waals surface area contributed by atoms with Crippen molar-refractivity contribution in [1.29, 1.82) is 0 Å². The van der Waals surface area contributed by atoms with Crippen molar-refractivity contribution in [2.24, 2.45) is 5.92 Å². The molecule has 3 rings (SSSR count). The smallest absolute Gasteiger partial charge is 0.221 e. The van der Waals surface area contributed by atoms with Gasteiger partial charge in [-0.25, -0.2) is 0 Å². The van der Waals surface area contributed by atoms with Crippen LogP contribution in [0.3, 0.4) is 0 Å². The van der Waals surface area contributed by atoms with E-state index in [-0.39, 0.29) is 12.5 Å². The number of ether oxygens (including phenoxy) is 2. The molecule has 6 nitrogen and oxygen atoms in total. The highest BCUT2D eigenvalue weighted by atomic mass is 16.5. The average molecular weight is 441 g/mol. The fourth-order valence-electron chi connectivity index (χ4n) is 4.13. The number of hydrogen-bond acceptors (Lipinski definition) is 5. The van der Waals surface area contributed by atoms with E-state index in [0.29, 0.717) is 18.9 Å². The summed E-state index contributed by atoms with van der Waals surface area (Å²) < 4.78 is 11.2. The molecule has 0 aromatic heterocycles. The van der Waals surface area contributed by atoms with E-state index < -0.39 is 6.10 Å². The Bertz CT molecular complexity index is 815. The Morgan fingerprint density at radius 1 is 1.06 bits per heavy atom. The third-order valence-electron chi connectivity index (χ3n) is 5.87. The summed E-state index contributed by atoms with van der Waals surface area (Å²) in [5.41, 5.74) is 2.10. The van der Waals surface area contributed by atoms with Crippen molar-refractivity contribution < 1.29 is 19.4 Å². The van der Waals surface area contributed by atoms with Gasteiger partial charge in [0.2, 0.25) is 5.91 Å². The van der Waals surface area contributed by atoms with E-state index in [9.17, 15) is 9.90 Å². The number of carbonyl (C=O) groups excluding carboxylic acids is 1. The highest BCUT2D eigenvalue weighted by Gasteiger charge is 2.21. The molecule has 32 heavy (non-hydrogen) atoms. The molecular weight excluding hydrogens is 404 g/mol. The number of nitrogens with zero attached hydrogens (tertiary/aromatic N) is 1. The number of aryl methyl sites for hydroxylation is 1. The van der Waals surface area contributed by atoms with Gasteiger partial charge in [-0.15, -0.1) is 0 Å². The average Bonchev–Trinajstić information content (AvgIpc) is 2.79. The molecule has 1 aliphatic rings. The van der Waals surface area contributed by atoms with E-state index in [4.69, 9.17) is 9.47 Å². The van der Waals surface area contributed by atoms with E-state index >= 15 is 0 Å². The van der Waals surface area contributed by atoms with Crippen LogP contribution in [0.15, 0.2) is 48.5 Å². The Hall–Kier alpha value is -2.57. The van der Waals surface area contributed by atoms with Gasteiger partial charge in [-0.05, 0) is 93.6 Å². The van der Waals surface area contributed by atoms with Gasteiger partial charge in [0.1, 0.15) is 24.2 Å². The first-order valence-corrected chi connectivity index (χ1v) is 11.6. The number of aliphatic hydroxyl groups excluding tert-OH is 1. The van der Waals surface area contributed by atoms with E-state index in [1.54, 1.807) is 24.3 Å². The van der Waals surface area contributed by atoms with Crippen molar-refractivity contribution >= 4 is 11.6 Å². The maximum absolute atomic E-state index is 11.1. The Balaban J connectivity index is 1.31. The summed E-state index contributed by atoms with van der Waals surface area (Å²) in [5, 5.41) is 13.1. The molecule has 2 N–H and O–H groups in total. The maximum Gasteiger partial charge on any atom is 0.221 e. The van der Waals surface area contributed by atoms with Crippen LogP contribution >= 0.6 is 0 Å². The second kappa shape index (κ2) is 12.5. The largest absolute Gasteiger partial charge is 0.494 e. The van der Waals surface area contributed by atoms with E-state index in [1.165, 1.54) is 31.7 Å². The molecule has 1 fully saturated rings. The number of rotatable bonds is 11. The predicted molar refractivity (Wildman–Crippen MR) is 127 cm³/mol. The van der Waals surface area contributed by atoms with Gasteiger partial charge >= 0.3 is 0 Å². The van der Waals surface area contributed by atoms with Crippen LogP contribution < -0.4 is 14.8 Å². The number of hydrogen-bond donors (Lipinski definition) is 2. The zero-order valence-corrected chi connectivity index (χ0v) is 19.3. The van der Waals surface area contributed by atoms with Crippen molar-refractivity contribution in [3.63, 3.8) is 0 Å². The van der Waals surface area contributed by atoms with Crippen LogP contribution in [-0.4, -0.2) is 54.9 Å². The summed E-state index contributed by atoms with van der Waals surface area (Å²) in [5.74, 6) is 2.27. The second-order valence-corrected chi connectivity index (χ2v) is 8.53. The fourth-order valence-corrected chi connectivity index (χ4v) is 4.13. The predicted octanol–water partition coefficient (Wildman–Crippen LogP) is 4.13. The molecule has 6 heteroatoms. The Labute approximate surface area is 191 Å². The first kappa shape index (κ1) is 24.1. The zero-order valence-electron chi connectivity index (χ0n) is 19.3. The van der Waals surface area contributed by atoms with Crippen LogP contribution in [0.1, 0.15) is 38.7 Å². The SMILES string of the molecule is CCOc1ccc(CCC2CCN(CC(O)COc3ccc(NC(C)=O)cc3)CC2)cc1. The van der Waals surface area contributed by atoms with Gasteiger partial charge in [0.25, 0.3) is 0 Å². The molecule has 2 aromatic rings. The number of β-amino-alcohol motifs (C(OH)–C–C–N with tert-alkyl or cyclic N) is 1. The normalized spacial score (nSPS) is 15.8. The summed E-state index contributed by atoms with van der Waals surface area (Å²) in [6, 6.07) is 15.6. The lowest BCUT2D eigenvalue weighted by Gasteiger charge is -2.33. The van der Waals surface area contributed by atoms with Gasteiger partial charge in [0.05, 0.1) is 6.61 Å². The quantitative estimate of drug-likeness (QED) is 0.550. The maximum atomic E-state index is 11.1. The Kier molecular flexibility index (Phi) is 9.38. The summed E-state index contributed by atoms with van der Waals surface area (Å²) in [4.78, 5) is 13.4. The highest BCUT2D eigenvalue weighted by Crippen LogP contribution is 2.23. The number of aliphatic hydroxyl groups is 1. The first-order chi connectivity index (χ1) is 15.5. The van der Waals surface area contributed by atoms with Crippen LogP contribution in [0.4, 0.5) is 5.69 Å². The van der Waals surface area contributed by atoms with E-state index in [1.807, 2.05) is 6.92 Å². The third kappa shape index (κ3) is 8.17. The third-order valence-corrected chi connectivity index (χ3v) is 5.87. The summed E-state index contributed by atoms with van der Waals surface area (Å²) in [7, 11) is 0. The molecule has 0 radical (unpaired) electrons. The van der Waals surface area contributed by atoms with Crippen LogP contribution in [0.5, 0.6) is 11.5 Å². The highest BCUT2D eigenvalue weighted by molar-refractivity contribution is 5.88. The minimum Gasteiger partial charge on any atom is -0.494 e. The van der Waals surface area contributed by atoms with Crippen molar-refractivity contribution in [3.8, 4) is 11.5 Å². The molecule has 1 aliphatic heterocycles. The zero-order chi connectivity index (χ0) is 22.8. The first-order valence-electron chi connectivity index (χ1n) is 11.6.